The third kappa shape index (κ3) is 3.96. The SMILES string of the molecule is COC(=O)CCc1ccc(OC2CCCC2N)cc1. The van der Waals surface area contributed by atoms with Crippen molar-refractivity contribution in [3.63, 3.8) is 0 Å². The van der Waals surface area contributed by atoms with E-state index in [9.17, 15) is 4.79 Å². The Bertz CT molecular complexity index is 416. The Morgan fingerprint density at radius 2 is 2.05 bits per heavy atom. The Kier molecular flexibility index (Phi) is 4.80. The fourth-order valence-electron chi connectivity index (χ4n) is 2.36. The van der Waals surface area contributed by atoms with E-state index in [-0.39, 0.29) is 18.1 Å². The van der Waals surface area contributed by atoms with Gasteiger partial charge in [0, 0.05) is 12.5 Å². The lowest BCUT2D eigenvalue weighted by Gasteiger charge is -2.17. The van der Waals surface area contributed by atoms with E-state index in [1.807, 2.05) is 24.3 Å². The van der Waals surface area contributed by atoms with Crippen LogP contribution in [0.15, 0.2) is 24.3 Å². The molecule has 0 heterocycles. The second kappa shape index (κ2) is 6.57. The van der Waals surface area contributed by atoms with E-state index in [0.717, 1.165) is 30.6 Å². The zero-order valence-corrected chi connectivity index (χ0v) is 11.3. The second-order valence-corrected chi connectivity index (χ2v) is 4.97. The quantitative estimate of drug-likeness (QED) is 0.826. The predicted molar refractivity (Wildman–Crippen MR) is 73.0 cm³/mol. The average Bonchev–Trinajstić information content (AvgIpc) is 2.83. The molecule has 1 aliphatic rings. The highest BCUT2D eigenvalue weighted by atomic mass is 16.5. The standard InChI is InChI=1S/C15H21NO3/c1-18-15(17)10-7-11-5-8-12(9-6-11)19-14-4-2-3-13(14)16/h5-6,8-9,13-14H,2-4,7,10,16H2,1H3. The molecule has 4 heteroatoms. The van der Waals surface area contributed by atoms with Gasteiger partial charge < -0.3 is 15.2 Å². The first-order valence-corrected chi connectivity index (χ1v) is 6.77. The third-order valence-corrected chi connectivity index (χ3v) is 3.56. The number of hydrogen-bond acceptors (Lipinski definition) is 4. The number of aryl methyl sites for hydroxylation is 1. The van der Waals surface area contributed by atoms with Gasteiger partial charge in [-0.1, -0.05) is 12.1 Å². The van der Waals surface area contributed by atoms with Crippen molar-refractivity contribution in [1.29, 1.82) is 0 Å². The molecular formula is C15H21NO3. The summed E-state index contributed by atoms with van der Waals surface area (Å²) in [6.45, 7) is 0. The molecule has 4 nitrogen and oxygen atoms in total. The molecule has 1 saturated carbocycles. The molecule has 104 valence electrons. The van der Waals surface area contributed by atoms with Gasteiger partial charge in [-0.05, 0) is 43.4 Å². The van der Waals surface area contributed by atoms with E-state index in [1.165, 1.54) is 7.11 Å². The molecule has 1 aromatic rings. The lowest BCUT2D eigenvalue weighted by atomic mass is 10.1. The van der Waals surface area contributed by atoms with Crippen molar-refractivity contribution >= 4 is 5.97 Å². The van der Waals surface area contributed by atoms with Crippen LogP contribution in [0.4, 0.5) is 0 Å². The molecule has 0 aliphatic heterocycles. The van der Waals surface area contributed by atoms with Crippen molar-refractivity contribution in [3.8, 4) is 5.75 Å². The first-order chi connectivity index (χ1) is 9.19. The van der Waals surface area contributed by atoms with E-state index in [2.05, 4.69) is 4.74 Å². The fourth-order valence-corrected chi connectivity index (χ4v) is 2.36. The molecule has 2 unspecified atom stereocenters. The Morgan fingerprint density at radius 3 is 2.63 bits per heavy atom. The minimum atomic E-state index is -0.183. The number of hydrogen-bond donors (Lipinski definition) is 1. The fraction of sp³-hybridized carbons (Fsp3) is 0.533. The van der Waals surface area contributed by atoms with Crippen LogP contribution in [0, 0.1) is 0 Å². The summed E-state index contributed by atoms with van der Waals surface area (Å²) in [4.78, 5) is 11.1. The monoisotopic (exact) mass is 263 g/mol. The molecule has 19 heavy (non-hydrogen) atoms. The summed E-state index contributed by atoms with van der Waals surface area (Å²) in [6, 6.07) is 8.01. The normalized spacial score (nSPS) is 22.2. The van der Waals surface area contributed by atoms with Crippen molar-refractivity contribution in [2.45, 2.75) is 44.2 Å². The van der Waals surface area contributed by atoms with Gasteiger partial charge in [-0.2, -0.15) is 0 Å². The van der Waals surface area contributed by atoms with E-state index in [0.29, 0.717) is 12.8 Å². The largest absolute Gasteiger partial charge is 0.489 e. The third-order valence-electron chi connectivity index (χ3n) is 3.56. The number of esters is 1. The molecule has 1 aromatic carbocycles. The molecular weight excluding hydrogens is 242 g/mol. The summed E-state index contributed by atoms with van der Waals surface area (Å²) in [6.07, 6.45) is 4.46. The van der Waals surface area contributed by atoms with Crippen molar-refractivity contribution < 1.29 is 14.3 Å². The number of carbonyl (C=O) groups excluding carboxylic acids is 1. The Labute approximate surface area is 113 Å². The molecule has 2 atom stereocenters. The van der Waals surface area contributed by atoms with Gasteiger partial charge >= 0.3 is 5.97 Å². The molecule has 1 aliphatic carbocycles. The van der Waals surface area contributed by atoms with Gasteiger partial charge in [-0.3, -0.25) is 4.79 Å². The lowest BCUT2D eigenvalue weighted by Crippen LogP contribution is -2.33. The Hall–Kier alpha value is -1.55. The molecule has 0 saturated heterocycles. The summed E-state index contributed by atoms with van der Waals surface area (Å²) >= 11 is 0. The molecule has 2 rings (SSSR count). The van der Waals surface area contributed by atoms with Crippen LogP contribution in [0.3, 0.4) is 0 Å². The maximum atomic E-state index is 11.1. The smallest absolute Gasteiger partial charge is 0.305 e. The van der Waals surface area contributed by atoms with Gasteiger partial charge in [0.15, 0.2) is 0 Å². The van der Waals surface area contributed by atoms with Crippen LogP contribution in [0.5, 0.6) is 5.75 Å². The van der Waals surface area contributed by atoms with E-state index < -0.39 is 0 Å². The number of benzene rings is 1. The van der Waals surface area contributed by atoms with E-state index >= 15 is 0 Å². The van der Waals surface area contributed by atoms with Crippen molar-refractivity contribution in [3.05, 3.63) is 29.8 Å². The number of methoxy groups -OCH3 is 1. The van der Waals surface area contributed by atoms with Crippen molar-refractivity contribution in [2.24, 2.45) is 5.73 Å². The zero-order chi connectivity index (χ0) is 13.7. The van der Waals surface area contributed by atoms with Crippen LogP contribution in [0.2, 0.25) is 0 Å². The summed E-state index contributed by atoms with van der Waals surface area (Å²) in [7, 11) is 1.41. The second-order valence-electron chi connectivity index (χ2n) is 4.97. The summed E-state index contributed by atoms with van der Waals surface area (Å²) < 4.78 is 10.5. The van der Waals surface area contributed by atoms with E-state index in [4.69, 9.17) is 10.5 Å². The van der Waals surface area contributed by atoms with Gasteiger partial charge in [0.1, 0.15) is 11.9 Å². The van der Waals surface area contributed by atoms with Gasteiger partial charge in [-0.25, -0.2) is 0 Å². The minimum absolute atomic E-state index is 0.140. The molecule has 0 amide bonds. The van der Waals surface area contributed by atoms with E-state index in [1.54, 1.807) is 0 Å². The Morgan fingerprint density at radius 1 is 1.32 bits per heavy atom. The number of carbonyl (C=O) groups is 1. The summed E-state index contributed by atoms with van der Waals surface area (Å²) in [5, 5.41) is 0. The molecule has 0 bridgehead atoms. The number of rotatable bonds is 5. The van der Waals surface area contributed by atoms with Crippen LogP contribution < -0.4 is 10.5 Å². The minimum Gasteiger partial charge on any atom is -0.489 e. The number of ether oxygens (including phenoxy) is 2. The van der Waals surface area contributed by atoms with Gasteiger partial charge in [0.2, 0.25) is 0 Å². The summed E-state index contributed by atoms with van der Waals surface area (Å²) in [5.41, 5.74) is 7.08. The van der Waals surface area contributed by atoms with Crippen LogP contribution in [0.25, 0.3) is 0 Å². The molecule has 0 spiro atoms. The topological polar surface area (TPSA) is 61.5 Å². The Balaban J connectivity index is 1.85. The predicted octanol–water partition coefficient (Wildman–Crippen LogP) is 2.05. The number of nitrogens with two attached hydrogens (primary N) is 1. The molecule has 2 N–H and O–H groups in total. The van der Waals surface area contributed by atoms with Crippen LogP contribution >= 0.6 is 0 Å². The van der Waals surface area contributed by atoms with Gasteiger partial charge in [0.25, 0.3) is 0 Å². The highest BCUT2D eigenvalue weighted by Gasteiger charge is 2.25. The van der Waals surface area contributed by atoms with Gasteiger partial charge in [0.05, 0.1) is 7.11 Å². The molecule has 0 radical (unpaired) electrons. The first kappa shape index (κ1) is 13.9. The highest BCUT2D eigenvalue weighted by Crippen LogP contribution is 2.23. The molecule has 0 aromatic heterocycles. The van der Waals surface area contributed by atoms with Crippen LogP contribution in [0.1, 0.15) is 31.2 Å². The lowest BCUT2D eigenvalue weighted by molar-refractivity contribution is -0.140. The first-order valence-electron chi connectivity index (χ1n) is 6.77. The van der Waals surface area contributed by atoms with Crippen molar-refractivity contribution in [1.82, 2.24) is 0 Å². The van der Waals surface area contributed by atoms with Crippen LogP contribution in [-0.4, -0.2) is 25.2 Å². The summed E-state index contributed by atoms with van der Waals surface area (Å²) in [5.74, 6) is 0.668. The van der Waals surface area contributed by atoms with Crippen molar-refractivity contribution in [2.75, 3.05) is 7.11 Å². The maximum Gasteiger partial charge on any atom is 0.305 e. The maximum absolute atomic E-state index is 11.1. The highest BCUT2D eigenvalue weighted by molar-refractivity contribution is 5.69. The molecule has 1 fully saturated rings. The zero-order valence-electron chi connectivity index (χ0n) is 11.3. The average molecular weight is 263 g/mol. The van der Waals surface area contributed by atoms with Crippen LogP contribution in [-0.2, 0) is 16.0 Å². The van der Waals surface area contributed by atoms with Gasteiger partial charge in [-0.15, -0.1) is 0 Å².